The highest BCUT2D eigenvalue weighted by Gasteiger charge is 2.40. The van der Waals surface area contributed by atoms with Crippen LogP contribution >= 0.6 is 0 Å². The third-order valence-electron chi connectivity index (χ3n) is 5.23. The summed E-state index contributed by atoms with van der Waals surface area (Å²) in [6.07, 6.45) is 5.13. The average Bonchev–Trinajstić information content (AvgIpc) is 2.45. The predicted octanol–water partition coefficient (Wildman–Crippen LogP) is 5.17. The molecule has 140 valence electrons. The summed E-state index contributed by atoms with van der Waals surface area (Å²) in [5, 5.41) is 0.425. The van der Waals surface area contributed by atoms with Gasteiger partial charge in [0.1, 0.15) is 8.24 Å². The average molecular weight is 362 g/mol. The van der Waals surface area contributed by atoms with Crippen LogP contribution in [-0.2, 0) is 8.85 Å². The van der Waals surface area contributed by atoms with Crippen molar-refractivity contribution >= 4 is 17.5 Å². The van der Waals surface area contributed by atoms with Crippen molar-refractivity contribution < 1.29 is 8.85 Å². The van der Waals surface area contributed by atoms with E-state index in [0.717, 1.165) is 19.3 Å². The molecule has 0 amide bonds. The third kappa shape index (κ3) is 8.82. The Kier molecular flexibility index (Phi) is 12.0. The summed E-state index contributed by atoms with van der Waals surface area (Å²) in [5.74, 6) is 0. The monoisotopic (exact) mass is 361 g/mol. The van der Waals surface area contributed by atoms with E-state index in [0.29, 0.717) is 5.04 Å². The molecule has 3 nitrogen and oxygen atoms in total. The molecule has 0 aliphatic carbocycles. The van der Waals surface area contributed by atoms with Gasteiger partial charge in [0.15, 0.2) is 0 Å². The molecule has 5 heteroatoms. The molecule has 0 aliphatic heterocycles. The van der Waals surface area contributed by atoms with E-state index in [1.54, 1.807) is 0 Å². The third-order valence-corrected chi connectivity index (χ3v) is 13.2. The lowest BCUT2D eigenvalue weighted by Gasteiger charge is -2.46. The van der Waals surface area contributed by atoms with Crippen LogP contribution in [0.5, 0.6) is 0 Å². The normalized spacial score (nSPS) is 13.3. The van der Waals surface area contributed by atoms with Crippen LogP contribution in [0.2, 0.25) is 24.2 Å². The van der Waals surface area contributed by atoms with Crippen LogP contribution in [0.4, 0.5) is 0 Å². The first-order valence-corrected chi connectivity index (χ1v) is 14.4. The smallest absolute Gasteiger partial charge is 0.321 e. The summed E-state index contributed by atoms with van der Waals surface area (Å²) >= 11 is 0. The molecule has 0 radical (unpaired) electrons. The van der Waals surface area contributed by atoms with Crippen LogP contribution in [0.3, 0.4) is 0 Å². The van der Waals surface area contributed by atoms with Crippen LogP contribution in [0.15, 0.2) is 0 Å². The summed E-state index contributed by atoms with van der Waals surface area (Å²) in [5.41, 5.74) is 0. The standard InChI is InChI=1S/C18H43NO2Si2/c1-9-12-15-19(23(7,8)18(4,5)6)16-13-14-17-22(20-10-2)21-11-3/h22H,9-17H2,1-8H3. The quantitative estimate of drug-likeness (QED) is 0.334. The molecule has 0 atom stereocenters. The second-order valence-electron chi connectivity index (χ2n) is 7.99. The topological polar surface area (TPSA) is 21.7 Å². The molecule has 0 rings (SSSR count). The fraction of sp³-hybridized carbons (Fsp3) is 1.00. The zero-order valence-electron chi connectivity index (χ0n) is 17.2. The maximum atomic E-state index is 5.79. The highest BCUT2D eigenvalue weighted by Crippen LogP contribution is 2.38. The molecule has 0 N–H and O–H groups in total. The number of hydrogen-bond acceptors (Lipinski definition) is 3. The van der Waals surface area contributed by atoms with E-state index in [2.05, 4.69) is 59.2 Å². The zero-order valence-corrected chi connectivity index (χ0v) is 19.4. The Bertz CT molecular complexity index is 287. The Morgan fingerprint density at radius 3 is 1.83 bits per heavy atom. The molecule has 0 aromatic rings. The molecular weight excluding hydrogens is 318 g/mol. The summed E-state index contributed by atoms with van der Waals surface area (Å²) in [6, 6.07) is 1.15. The molecule has 0 fully saturated rings. The fourth-order valence-corrected chi connectivity index (χ4v) is 6.87. The van der Waals surface area contributed by atoms with Crippen molar-refractivity contribution in [2.24, 2.45) is 0 Å². The van der Waals surface area contributed by atoms with Gasteiger partial charge >= 0.3 is 9.28 Å². The summed E-state index contributed by atoms with van der Waals surface area (Å²) in [6.45, 7) is 22.9. The molecule has 0 aromatic heterocycles. The summed E-state index contributed by atoms with van der Waals surface area (Å²) in [4.78, 5) is 0. The van der Waals surface area contributed by atoms with Crippen molar-refractivity contribution in [1.82, 2.24) is 4.57 Å². The Morgan fingerprint density at radius 2 is 1.39 bits per heavy atom. The minimum absolute atomic E-state index is 0.425. The number of unbranched alkanes of at least 4 members (excludes halogenated alkanes) is 2. The van der Waals surface area contributed by atoms with Crippen molar-refractivity contribution in [3.63, 3.8) is 0 Å². The van der Waals surface area contributed by atoms with E-state index >= 15 is 0 Å². The second-order valence-corrected chi connectivity index (χ2v) is 15.3. The first-order chi connectivity index (χ1) is 10.7. The maximum Gasteiger partial charge on any atom is 0.321 e. The largest absolute Gasteiger partial charge is 0.397 e. The van der Waals surface area contributed by atoms with Gasteiger partial charge in [-0.25, -0.2) is 0 Å². The van der Waals surface area contributed by atoms with Crippen LogP contribution < -0.4 is 0 Å². The number of rotatable bonds is 13. The minimum atomic E-state index is -1.40. The molecule has 0 spiro atoms. The van der Waals surface area contributed by atoms with Gasteiger partial charge in [0, 0.05) is 13.2 Å². The molecule has 23 heavy (non-hydrogen) atoms. The lowest BCUT2D eigenvalue weighted by molar-refractivity contribution is 0.212. The molecule has 0 saturated heterocycles. The molecule has 0 heterocycles. The second kappa shape index (κ2) is 11.8. The molecule has 0 aromatic carbocycles. The van der Waals surface area contributed by atoms with E-state index in [4.69, 9.17) is 8.85 Å². The van der Waals surface area contributed by atoms with Crippen molar-refractivity contribution in [3.05, 3.63) is 0 Å². The van der Waals surface area contributed by atoms with Gasteiger partial charge in [0.25, 0.3) is 0 Å². The van der Waals surface area contributed by atoms with Crippen LogP contribution in [0, 0.1) is 0 Å². The SMILES string of the molecule is CCCCN(CCCC[SiH](OCC)OCC)[Si](C)(C)C(C)(C)C. The highest BCUT2D eigenvalue weighted by atomic mass is 28.3. The fourth-order valence-electron chi connectivity index (χ4n) is 2.69. The summed E-state index contributed by atoms with van der Waals surface area (Å²) < 4.78 is 14.4. The summed E-state index contributed by atoms with van der Waals surface area (Å²) in [7, 11) is -2.80. The van der Waals surface area contributed by atoms with E-state index in [9.17, 15) is 0 Å². The lowest BCUT2D eigenvalue weighted by atomic mass is 10.2. The highest BCUT2D eigenvalue weighted by molar-refractivity contribution is 6.77. The molecular formula is C18H43NO2Si2. The van der Waals surface area contributed by atoms with Crippen LogP contribution in [0.1, 0.15) is 67.2 Å². The van der Waals surface area contributed by atoms with E-state index in [-0.39, 0.29) is 0 Å². The first kappa shape index (κ1) is 23.3. The van der Waals surface area contributed by atoms with Gasteiger partial charge < -0.3 is 13.4 Å². The van der Waals surface area contributed by atoms with Crippen molar-refractivity contribution in [2.75, 3.05) is 26.3 Å². The first-order valence-electron chi connectivity index (χ1n) is 9.68. The molecule has 0 aliphatic rings. The van der Waals surface area contributed by atoms with Gasteiger partial charge in [-0.2, -0.15) is 0 Å². The van der Waals surface area contributed by atoms with Gasteiger partial charge in [0.05, 0.1) is 0 Å². The van der Waals surface area contributed by atoms with Gasteiger partial charge in [-0.15, -0.1) is 0 Å². The maximum absolute atomic E-state index is 5.79. The molecule has 0 unspecified atom stereocenters. The lowest BCUT2D eigenvalue weighted by Crippen LogP contribution is -2.55. The van der Waals surface area contributed by atoms with Crippen LogP contribution in [-0.4, -0.2) is 48.4 Å². The van der Waals surface area contributed by atoms with E-state index < -0.39 is 17.5 Å². The molecule has 0 saturated carbocycles. The minimum Gasteiger partial charge on any atom is -0.397 e. The van der Waals surface area contributed by atoms with Gasteiger partial charge in [-0.1, -0.05) is 53.6 Å². The Labute approximate surface area is 149 Å². The Balaban J connectivity index is 4.45. The van der Waals surface area contributed by atoms with Crippen molar-refractivity contribution in [1.29, 1.82) is 0 Å². The van der Waals surface area contributed by atoms with Crippen molar-refractivity contribution in [2.45, 2.75) is 91.4 Å². The van der Waals surface area contributed by atoms with Crippen LogP contribution in [0.25, 0.3) is 0 Å². The Morgan fingerprint density at radius 1 is 0.870 bits per heavy atom. The van der Waals surface area contributed by atoms with Crippen molar-refractivity contribution in [3.8, 4) is 0 Å². The van der Waals surface area contributed by atoms with Gasteiger partial charge in [-0.3, -0.25) is 0 Å². The number of hydrogen-bond donors (Lipinski definition) is 0. The van der Waals surface area contributed by atoms with Gasteiger partial charge in [-0.05, 0) is 50.9 Å². The van der Waals surface area contributed by atoms with Gasteiger partial charge in [0.2, 0.25) is 0 Å². The number of nitrogens with zero attached hydrogens (tertiary/aromatic N) is 1. The Hall–Kier alpha value is 0.314. The van der Waals surface area contributed by atoms with E-state index in [1.165, 1.54) is 38.8 Å². The van der Waals surface area contributed by atoms with E-state index in [1.807, 2.05) is 0 Å². The molecule has 0 bridgehead atoms. The predicted molar refractivity (Wildman–Crippen MR) is 108 cm³/mol. The zero-order chi connectivity index (χ0) is 17.9.